The van der Waals surface area contributed by atoms with E-state index in [-0.39, 0.29) is 43.3 Å². The maximum Gasteiger partial charge on any atom is 0.141 e. The maximum absolute atomic E-state index is 12.8. The molecule has 1 radical (unpaired) electrons. The summed E-state index contributed by atoms with van der Waals surface area (Å²) in [5.41, 5.74) is 15.5. The van der Waals surface area contributed by atoms with Crippen LogP contribution >= 0.6 is 0 Å². The number of furan rings is 1. The molecule has 0 fully saturated rings. The van der Waals surface area contributed by atoms with Gasteiger partial charge in [-0.25, -0.2) is 4.98 Å². The molecule has 10 aromatic rings. The Morgan fingerprint density at radius 3 is 2.01 bits per heavy atom. The number of nitrogens with zero attached hydrogens (tertiary/aromatic N) is 4. The second-order valence-electron chi connectivity index (χ2n) is 20.0. The predicted molar refractivity (Wildman–Crippen MR) is 280 cm³/mol. The van der Waals surface area contributed by atoms with Gasteiger partial charge in [0.2, 0.25) is 0 Å². The van der Waals surface area contributed by atoms with Crippen LogP contribution in [0, 0.1) is 17.9 Å². The van der Waals surface area contributed by atoms with Gasteiger partial charge in [-0.1, -0.05) is 137 Å². The van der Waals surface area contributed by atoms with Crippen molar-refractivity contribution < 1.29 is 28.9 Å². The molecule has 345 valence electrons. The molecule has 6 aromatic carbocycles. The summed E-state index contributed by atoms with van der Waals surface area (Å²) < 4.78 is 21.9. The van der Waals surface area contributed by atoms with Gasteiger partial charge in [0, 0.05) is 60.4 Å². The van der Waals surface area contributed by atoms with Crippen LogP contribution in [-0.2, 0) is 25.6 Å². The molecule has 0 unspecified atom stereocenters. The van der Waals surface area contributed by atoms with Crippen molar-refractivity contribution in [1.82, 2.24) is 19.5 Å². The van der Waals surface area contributed by atoms with Gasteiger partial charge in [-0.15, -0.1) is 48.0 Å². The number of para-hydroxylation sites is 3. The molecular formula is C60H57FIrN4OSi-2. The summed E-state index contributed by atoms with van der Waals surface area (Å²) in [6.07, 6.45) is 3.86. The average Bonchev–Trinajstić information content (AvgIpc) is 3.92. The molecule has 10 rings (SSSR count). The van der Waals surface area contributed by atoms with Crippen LogP contribution in [0.15, 0.2) is 156 Å². The van der Waals surface area contributed by atoms with Gasteiger partial charge < -0.3 is 19.0 Å². The Morgan fingerprint density at radius 2 is 1.37 bits per heavy atom. The average molecular weight is 1090 g/mol. The first-order valence-electron chi connectivity index (χ1n) is 23.2. The quantitative estimate of drug-likeness (QED) is 0.112. The molecule has 0 saturated carbocycles. The number of imidazole rings is 1. The molecule has 4 aromatic heterocycles. The van der Waals surface area contributed by atoms with Crippen LogP contribution in [0.3, 0.4) is 0 Å². The third kappa shape index (κ3) is 9.55. The summed E-state index contributed by atoms with van der Waals surface area (Å²) in [6.45, 7) is 22.8. The normalized spacial score (nSPS) is 11.9. The van der Waals surface area contributed by atoms with Crippen molar-refractivity contribution >= 4 is 46.2 Å². The topological polar surface area (TPSA) is 56.7 Å². The van der Waals surface area contributed by atoms with E-state index in [4.69, 9.17) is 14.4 Å². The van der Waals surface area contributed by atoms with E-state index in [2.05, 4.69) is 193 Å². The summed E-state index contributed by atoms with van der Waals surface area (Å²) in [5.74, 6) is 1.31. The fraction of sp³-hybridized carbons (Fsp3) is 0.217. The zero-order valence-electron chi connectivity index (χ0n) is 40.5. The molecule has 68 heavy (non-hydrogen) atoms. The Hall–Kier alpha value is -6.31. The first-order chi connectivity index (χ1) is 32.1. The van der Waals surface area contributed by atoms with Crippen molar-refractivity contribution in [3.63, 3.8) is 0 Å². The second-order valence-corrected chi connectivity index (χ2v) is 25.1. The van der Waals surface area contributed by atoms with Crippen molar-refractivity contribution in [3.8, 4) is 56.2 Å². The Labute approximate surface area is 414 Å². The van der Waals surface area contributed by atoms with Crippen molar-refractivity contribution in [2.45, 2.75) is 85.5 Å². The van der Waals surface area contributed by atoms with Gasteiger partial charge in [-0.2, -0.15) is 0 Å². The van der Waals surface area contributed by atoms with Crippen LogP contribution < -0.4 is 5.19 Å². The summed E-state index contributed by atoms with van der Waals surface area (Å²) in [6, 6.07) is 53.4. The van der Waals surface area contributed by atoms with E-state index in [1.54, 1.807) is 6.07 Å². The van der Waals surface area contributed by atoms with Crippen LogP contribution in [-0.4, -0.2) is 27.6 Å². The summed E-state index contributed by atoms with van der Waals surface area (Å²) in [7, 11) is -1.30. The number of pyridine rings is 2. The minimum Gasteiger partial charge on any atom is -0.500 e. The molecule has 4 heterocycles. The van der Waals surface area contributed by atoms with Gasteiger partial charge >= 0.3 is 0 Å². The third-order valence-electron chi connectivity index (χ3n) is 12.5. The van der Waals surface area contributed by atoms with Crippen LogP contribution in [0.5, 0.6) is 0 Å². The largest absolute Gasteiger partial charge is 0.500 e. The SMILES string of the molecule is CC(C)c1cc(-c2nc3ccccc3n2C(C)(C)C)cc(C(C)C)c1-c1ccnc(-c2[c-]ccc3c2oc2c(-c4ccccc4)cccc23)c1.C[Si](C)(C)c1ccc(-c2[c-]cc(F)cc2)nc1.[Ir]. The fourth-order valence-electron chi connectivity index (χ4n) is 9.04. The van der Waals surface area contributed by atoms with Crippen LogP contribution in [0.4, 0.5) is 4.39 Å². The maximum atomic E-state index is 12.8. The van der Waals surface area contributed by atoms with Crippen molar-refractivity contribution in [3.05, 3.63) is 181 Å². The van der Waals surface area contributed by atoms with Gasteiger partial charge in [-0.05, 0) is 107 Å². The summed E-state index contributed by atoms with van der Waals surface area (Å²) in [5, 5.41) is 3.48. The van der Waals surface area contributed by atoms with Gasteiger partial charge in [-0.3, -0.25) is 4.39 Å². The molecule has 8 heteroatoms. The Kier molecular flexibility index (Phi) is 13.7. The zero-order valence-corrected chi connectivity index (χ0v) is 43.9. The van der Waals surface area contributed by atoms with E-state index in [1.807, 2.05) is 30.6 Å². The molecule has 0 amide bonds. The van der Waals surface area contributed by atoms with Gasteiger partial charge in [0.1, 0.15) is 11.4 Å². The van der Waals surface area contributed by atoms with Crippen molar-refractivity contribution in [1.29, 1.82) is 0 Å². The Bertz CT molecular complexity index is 3350. The monoisotopic (exact) mass is 1090 g/mol. The smallest absolute Gasteiger partial charge is 0.141 e. The van der Waals surface area contributed by atoms with E-state index in [9.17, 15) is 4.39 Å². The molecule has 0 saturated heterocycles. The van der Waals surface area contributed by atoms with Crippen LogP contribution in [0.25, 0.3) is 89.1 Å². The molecule has 0 atom stereocenters. The first kappa shape index (κ1) is 48.2. The van der Waals surface area contributed by atoms with Gasteiger partial charge in [0.05, 0.1) is 24.7 Å². The minimum atomic E-state index is -1.30. The molecule has 5 nitrogen and oxygen atoms in total. The zero-order chi connectivity index (χ0) is 47.2. The van der Waals surface area contributed by atoms with Gasteiger partial charge in [0.25, 0.3) is 0 Å². The molecule has 0 bridgehead atoms. The molecule has 0 spiro atoms. The minimum absolute atomic E-state index is 0. The number of fused-ring (bicyclic) bond motifs is 4. The molecule has 0 aliphatic heterocycles. The number of benzene rings is 6. The van der Waals surface area contributed by atoms with Gasteiger partial charge in [0.15, 0.2) is 0 Å². The van der Waals surface area contributed by atoms with E-state index >= 15 is 0 Å². The summed E-state index contributed by atoms with van der Waals surface area (Å²) >= 11 is 0. The van der Waals surface area contributed by atoms with Crippen molar-refractivity contribution in [2.75, 3.05) is 0 Å². The summed E-state index contributed by atoms with van der Waals surface area (Å²) in [4.78, 5) is 14.6. The van der Waals surface area contributed by atoms with Crippen LogP contribution in [0.2, 0.25) is 19.6 Å². The number of hydrogen-bond acceptors (Lipinski definition) is 4. The van der Waals surface area contributed by atoms with Crippen molar-refractivity contribution in [2.24, 2.45) is 0 Å². The second kappa shape index (κ2) is 19.4. The predicted octanol–water partition coefficient (Wildman–Crippen LogP) is 16.0. The fourth-order valence-corrected chi connectivity index (χ4v) is 10.1. The van der Waals surface area contributed by atoms with E-state index in [0.717, 1.165) is 83.6 Å². The molecule has 0 aliphatic carbocycles. The van der Waals surface area contributed by atoms with Crippen LogP contribution in [0.1, 0.15) is 71.4 Å². The Balaban J connectivity index is 0.000000293. The van der Waals surface area contributed by atoms with E-state index < -0.39 is 8.07 Å². The van der Waals surface area contributed by atoms with E-state index in [0.29, 0.717) is 0 Å². The first-order valence-corrected chi connectivity index (χ1v) is 26.7. The number of aromatic nitrogens is 4. The molecule has 0 N–H and O–H groups in total. The number of halogens is 1. The third-order valence-corrected chi connectivity index (χ3v) is 14.5. The molecule has 0 aliphatic rings. The standard InChI is InChI=1S/C46H42N3O.C14H15FNSi.Ir/c1-28(2)37-25-32(45-48-39-21-11-12-22-41(39)49(45)46(5,6)7)26-38(29(3)4)42(37)31-23-24-47-40(27-31)36-20-14-19-35-34-18-13-17-33(43(34)50-44(35)36)30-15-9-8-10-16-30;1-17(2,3)13-8-9-14(16-10-13)11-4-6-12(15)7-5-11;/h8-19,21-29H,1-7H3;4,6-10H,1-3H3;/q2*-1;. The Morgan fingerprint density at radius 1 is 0.662 bits per heavy atom. The van der Waals surface area contributed by atoms with E-state index in [1.165, 1.54) is 34.0 Å². The number of rotatable bonds is 8. The number of hydrogen-bond donors (Lipinski definition) is 0. The molecular weight excluding hydrogens is 1030 g/mol.